The van der Waals surface area contributed by atoms with Crippen molar-refractivity contribution in [3.8, 4) is 0 Å². The molecule has 16 heavy (non-hydrogen) atoms. The van der Waals surface area contributed by atoms with Gasteiger partial charge in [-0.2, -0.15) is 0 Å². The monoisotopic (exact) mass is 344 g/mol. The van der Waals surface area contributed by atoms with Crippen LogP contribution >= 0.6 is 22.6 Å². The van der Waals surface area contributed by atoms with Gasteiger partial charge in [0, 0.05) is 6.42 Å². The quantitative estimate of drug-likeness (QED) is 0.651. The first kappa shape index (κ1) is 13.5. The maximum atomic E-state index is 11.7. The number of ether oxygens (including phenoxy) is 1. The summed E-state index contributed by atoms with van der Waals surface area (Å²) in [6.07, 6.45) is -2.15. The predicted molar refractivity (Wildman–Crippen MR) is 62.8 cm³/mol. The van der Waals surface area contributed by atoms with Gasteiger partial charge in [-0.25, -0.2) is 13.8 Å². The van der Waals surface area contributed by atoms with Crippen LogP contribution in [0.15, 0.2) is 4.79 Å². The molecule has 0 amide bonds. The lowest BCUT2D eigenvalue weighted by atomic mass is 10.4. The molecule has 0 aliphatic rings. The summed E-state index contributed by atoms with van der Waals surface area (Å²) < 4.78 is 28.7. The molecule has 0 fully saturated rings. The highest BCUT2D eigenvalue weighted by atomic mass is 127. The van der Waals surface area contributed by atoms with Crippen LogP contribution in [0.5, 0.6) is 0 Å². The highest BCUT2D eigenvalue weighted by Crippen LogP contribution is 2.02. The largest absolute Gasteiger partial charge is 0.375 e. The van der Waals surface area contributed by atoms with Crippen molar-refractivity contribution in [3.63, 3.8) is 0 Å². The first-order chi connectivity index (χ1) is 7.50. The molecule has 1 heterocycles. The van der Waals surface area contributed by atoms with Crippen LogP contribution in [-0.4, -0.2) is 29.6 Å². The maximum absolute atomic E-state index is 11.7. The van der Waals surface area contributed by atoms with Crippen LogP contribution in [0, 0.1) is 10.5 Å². The molecule has 0 atom stereocenters. The van der Waals surface area contributed by atoms with Crippen molar-refractivity contribution in [3.05, 3.63) is 25.4 Å². The molecule has 1 N–H and O–H groups in total. The number of aryl methyl sites for hydroxylation is 1. The molecule has 0 aromatic carbocycles. The molecule has 1 rings (SSSR count). The van der Waals surface area contributed by atoms with Crippen LogP contribution < -0.4 is 5.56 Å². The Morgan fingerprint density at radius 1 is 1.56 bits per heavy atom. The number of nitrogens with one attached hydrogen (secondary N) is 1. The molecule has 0 spiro atoms. The minimum atomic E-state index is -2.47. The first-order valence-electron chi connectivity index (χ1n) is 4.62. The van der Waals surface area contributed by atoms with Crippen molar-refractivity contribution < 1.29 is 13.5 Å². The Balaban J connectivity index is 2.52. The molecule has 0 radical (unpaired) electrons. The van der Waals surface area contributed by atoms with E-state index in [2.05, 4.69) is 9.97 Å². The molecular weight excluding hydrogens is 333 g/mol. The van der Waals surface area contributed by atoms with E-state index in [0.717, 1.165) is 0 Å². The number of rotatable bonds is 5. The van der Waals surface area contributed by atoms with Crippen molar-refractivity contribution >= 4 is 22.6 Å². The van der Waals surface area contributed by atoms with Gasteiger partial charge in [0.25, 0.3) is 12.0 Å². The summed E-state index contributed by atoms with van der Waals surface area (Å²) in [6, 6.07) is 0. The zero-order valence-electron chi connectivity index (χ0n) is 8.60. The van der Waals surface area contributed by atoms with Crippen LogP contribution in [0.4, 0.5) is 8.78 Å². The van der Waals surface area contributed by atoms with E-state index in [9.17, 15) is 13.6 Å². The van der Waals surface area contributed by atoms with Gasteiger partial charge < -0.3 is 9.72 Å². The normalized spacial score (nSPS) is 11.1. The van der Waals surface area contributed by atoms with Crippen LogP contribution in [-0.2, 0) is 11.2 Å². The van der Waals surface area contributed by atoms with Crippen LogP contribution in [0.25, 0.3) is 0 Å². The number of hydrogen-bond acceptors (Lipinski definition) is 3. The van der Waals surface area contributed by atoms with Crippen LogP contribution in [0.3, 0.4) is 0 Å². The van der Waals surface area contributed by atoms with Gasteiger partial charge in [-0.05, 0) is 29.5 Å². The third kappa shape index (κ3) is 4.12. The van der Waals surface area contributed by atoms with Gasteiger partial charge in [0.2, 0.25) is 0 Å². The lowest BCUT2D eigenvalue weighted by Crippen LogP contribution is -2.18. The molecule has 1 aromatic rings. The summed E-state index contributed by atoms with van der Waals surface area (Å²) in [5, 5.41) is 0. The molecule has 0 saturated carbocycles. The number of aromatic amines is 1. The fraction of sp³-hybridized carbons (Fsp3) is 0.556. The molecular formula is C9H11F2IN2O2. The maximum Gasteiger partial charge on any atom is 0.264 e. The Morgan fingerprint density at radius 2 is 2.25 bits per heavy atom. The molecule has 4 nitrogen and oxygen atoms in total. The zero-order valence-corrected chi connectivity index (χ0v) is 10.8. The minimum absolute atomic E-state index is 0.118. The predicted octanol–water partition coefficient (Wildman–Crippen LogP) is 1.51. The van der Waals surface area contributed by atoms with Crippen molar-refractivity contribution in [1.82, 2.24) is 9.97 Å². The molecule has 90 valence electrons. The van der Waals surface area contributed by atoms with E-state index in [1.807, 2.05) is 22.6 Å². The van der Waals surface area contributed by atoms with Crippen molar-refractivity contribution in [2.75, 3.05) is 13.2 Å². The Morgan fingerprint density at radius 3 is 2.81 bits per heavy atom. The Kier molecular flexibility index (Phi) is 5.26. The van der Waals surface area contributed by atoms with Crippen LogP contribution in [0.1, 0.15) is 11.5 Å². The van der Waals surface area contributed by atoms with Gasteiger partial charge in [-0.1, -0.05) is 0 Å². The SMILES string of the molecule is Cc1nc(CCOCC(F)F)[nH]c(=O)c1I. The number of alkyl halides is 2. The van der Waals surface area contributed by atoms with Gasteiger partial charge in [-0.3, -0.25) is 4.79 Å². The lowest BCUT2D eigenvalue weighted by molar-refractivity contribution is 0.0182. The van der Waals surface area contributed by atoms with Gasteiger partial charge >= 0.3 is 0 Å². The average Bonchev–Trinajstić information content (AvgIpc) is 2.20. The van der Waals surface area contributed by atoms with E-state index < -0.39 is 13.0 Å². The summed E-state index contributed by atoms with van der Waals surface area (Å²) in [5.41, 5.74) is 0.421. The highest BCUT2D eigenvalue weighted by molar-refractivity contribution is 14.1. The zero-order chi connectivity index (χ0) is 12.1. The Bertz CT molecular complexity index is 409. The van der Waals surface area contributed by atoms with E-state index in [4.69, 9.17) is 4.74 Å². The van der Waals surface area contributed by atoms with Gasteiger partial charge in [-0.15, -0.1) is 0 Å². The number of halogens is 3. The number of H-pyrrole nitrogens is 1. The van der Waals surface area contributed by atoms with E-state index in [0.29, 0.717) is 21.5 Å². The second-order valence-corrected chi connectivity index (χ2v) is 4.21. The smallest absolute Gasteiger partial charge is 0.264 e. The first-order valence-corrected chi connectivity index (χ1v) is 5.69. The number of aromatic nitrogens is 2. The van der Waals surface area contributed by atoms with E-state index >= 15 is 0 Å². The fourth-order valence-electron chi connectivity index (χ4n) is 1.09. The second-order valence-electron chi connectivity index (χ2n) is 3.13. The van der Waals surface area contributed by atoms with Crippen LogP contribution in [0.2, 0.25) is 0 Å². The molecule has 0 bridgehead atoms. The number of nitrogens with zero attached hydrogens (tertiary/aromatic N) is 1. The minimum Gasteiger partial charge on any atom is -0.375 e. The Hall–Kier alpha value is -0.570. The molecule has 0 unspecified atom stereocenters. The summed E-state index contributed by atoms with van der Waals surface area (Å²) in [7, 11) is 0. The van der Waals surface area contributed by atoms with Gasteiger partial charge in [0.1, 0.15) is 12.4 Å². The van der Waals surface area contributed by atoms with E-state index in [1.54, 1.807) is 6.92 Å². The fourth-order valence-corrected chi connectivity index (χ4v) is 1.34. The van der Waals surface area contributed by atoms with Crippen molar-refractivity contribution in [2.45, 2.75) is 19.8 Å². The summed E-state index contributed by atoms with van der Waals surface area (Å²) in [4.78, 5) is 18.0. The summed E-state index contributed by atoms with van der Waals surface area (Å²) >= 11 is 1.90. The molecule has 1 aromatic heterocycles. The number of hydrogen-bond donors (Lipinski definition) is 1. The van der Waals surface area contributed by atoms with Crippen molar-refractivity contribution in [1.29, 1.82) is 0 Å². The molecule has 0 saturated heterocycles. The second kappa shape index (κ2) is 6.24. The molecule has 7 heteroatoms. The lowest BCUT2D eigenvalue weighted by Gasteiger charge is -2.04. The molecule has 0 aliphatic carbocycles. The topological polar surface area (TPSA) is 55.0 Å². The summed E-state index contributed by atoms with van der Waals surface area (Å²) in [6.45, 7) is 1.25. The third-order valence-corrected chi connectivity index (χ3v) is 3.08. The highest BCUT2D eigenvalue weighted by Gasteiger charge is 2.06. The van der Waals surface area contributed by atoms with E-state index in [-0.39, 0.29) is 12.2 Å². The van der Waals surface area contributed by atoms with Crippen molar-refractivity contribution in [2.24, 2.45) is 0 Å². The Labute approximate surface area is 105 Å². The van der Waals surface area contributed by atoms with E-state index in [1.165, 1.54) is 0 Å². The van der Waals surface area contributed by atoms with Gasteiger partial charge in [0.05, 0.1) is 15.9 Å². The third-order valence-electron chi connectivity index (χ3n) is 1.80. The van der Waals surface area contributed by atoms with Gasteiger partial charge in [0.15, 0.2) is 0 Å². The molecule has 0 aliphatic heterocycles. The summed E-state index contributed by atoms with van der Waals surface area (Å²) in [5.74, 6) is 0.456. The standard InChI is InChI=1S/C9H11F2IN2O2/c1-5-8(12)9(15)14-7(13-5)2-3-16-4-6(10)11/h6H,2-4H2,1H3,(H,13,14,15). The average molecular weight is 344 g/mol.